The van der Waals surface area contributed by atoms with Crippen LogP contribution in [-0.4, -0.2) is 26.5 Å². The molecule has 0 aliphatic carbocycles. The molecule has 1 aliphatic heterocycles. The van der Waals surface area contributed by atoms with Gasteiger partial charge in [-0.2, -0.15) is 13.2 Å². The summed E-state index contributed by atoms with van der Waals surface area (Å²) in [6.07, 6.45) is -0.0252. The topological polar surface area (TPSA) is 54.8 Å². The number of halogens is 3. The van der Waals surface area contributed by atoms with Crippen LogP contribution in [0.25, 0.3) is 21.3 Å². The maximum atomic E-state index is 13.3. The van der Waals surface area contributed by atoms with Gasteiger partial charge >= 0.3 is 6.18 Å². The largest absolute Gasteiger partial charge is 0.416 e. The van der Waals surface area contributed by atoms with Gasteiger partial charge in [0.1, 0.15) is 11.6 Å². The summed E-state index contributed by atoms with van der Waals surface area (Å²) >= 11 is 1.60. The van der Waals surface area contributed by atoms with E-state index in [0.29, 0.717) is 42.1 Å². The summed E-state index contributed by atoms with van der Waals surface area (Å²) in [5, 5.41) is 1.39. The number of anilines is 1. The Hall–Kier alpha value is -3.07. The number of hydrogen-bond acceptors (Lipinski definition) is 6. The molecule has 5 nitrogen and oxygen atoms in total. The second kappa shape index (κ2) is 7.26. The molecule has 0 fully saturated rings. The van der Waals surface area contributed by atoms with E-state index in [1.54, 1.807) is 18.3 Å². The van der Waals surface area contributed by atoms with Crippen LogP contribution >= 0.6 is 11.3 Å². The minimum absolute atomic E-state index is 0.408. The third-order valence-corrected chi connectivity index (χ3v) is 6.32. The average molecular weight is 441 g/mol. The van der Waals surface area contributed by atoms with E-state index in [9.17, 15) is 13.2 Å². The van der Waals surface area contributed by atoms with Crippen molar-refractivity contribution in [3.05, 3.63) is 64.3 Å². The number of aryl methyl sites for hydroxylation is 2. The normalized spacial score (nSPS) is 14.2. The first kappa shape index (κ1) is 19.9. The van der Waals surface area contributed by atoms with Crippen LogP contribution in [-0.2, 0) is 19.1 Å². The molecule has 0 amide bonds. The summed E-state index contributed by atoms with van der Waals surface area (Å²) in [5.74, 6) is 1.05. The van der Waals surface area contributed by atoms with Crippen LogP contribution in [0, 0.1) is 13.8 Å². The van der Waals surface area contributed by atoms with Gasteiger partial charge in [0.2, 0.25) is 0 Å². The molecule has 0 unspecified atom stereocenters. The van der Waals surface area contributed by atoms with Gasteiger partial charge in [-0.15, -0.1) is 11.3 Å². The summed E-state index contributed by atoms with van der Waals surface area (Å²) in [6.45, 7) is 4.86. The molecule has 5 rings (SSSR count). The van der Waals surface area contributed by atoms with Gasteiger partial charge in [-0.25, -0.2) is 15.0 Å². The maximum Gasteiger partial charge on any atom is 0.416 e. The smallest absolute Gasteiger partial charge is 0.351 e. The Morgan fingerprint density at radius 2 is 1.87 bits per heavy atom. The van der Waals surface area contributed by atoms with Gasteiger partial charge in [0.05, 0.1) is 21.0 Å². The van der Waals surface area contributed by atoms with Crippen molar-refractivity contribution < 1.29 is 13.2 Å². The van der Waals surface area contributed by atoms with E-state index in [1.165, 1.54) is 6.07 Å². The highest BCUT2D eigenvalue weighted by atomic mass is 32.1. The third kappa shape index (κ3) is 3.74. The molecule has 1 aromatic carbocycles. The molecule has 0 saturated carbocycles. The number of thiazole rings is 1. The fourth-order valence-corrected chi connectivity index (χ4v) is 4.64. The van der Waals surface area contributed by atoms with Crippen LogP contribution in [0.15, 0.2) is 36.7 Å². The molecule has 0 atom stereocenters. The first-order chi connectivity index (χ1) is 14.8. The van der Waals surface area contributed by atoms with Crippen molar-refractivity contribution in [2.75, 3.05) is 11.4 Å². The molecule has 0 N–H and O–H groups in total. The molecule has 31 heavy (non-hydrogen) atoms. The van der Waals surface area contributed by atoms with E-state index in [-0.39, 0.29) is 0 Å². The first-order valence-corrected chi connectivity index (χ1v) is 10.6. The fourth-order valence-electron chi connectivity index (χ4n) is 3.88. The monoisotopic (exact) mass is 441 g/mol. The number of aromatic nitrogens is 4. The molecular formula is C22H18F3N5S. The number of nitrogens with zero attached hydrogens (tertiary/aromatic N) is 5. The molecule has 0 radical (unpaired) electrons. The predicted octanol–water partition coefficient (Wildman–Crippen LogP) is 5.35. The Morgan fingerprint density at radius 1 is 1.03 bits per heavy atom. The molecule has 0 saturated heterocycles. The Labute approximate surface area is 180 Å². The van der Waals surface area contributed by atoms with Gasteiger partial charge < -0.3 is 4.90 Å². The number of alkyl halides is 3. The Kier molecular flexibility index (Phi) is 4.65. The van der Waals surface area contributed by atoms with E-state index in [2.05, 4.69) is 26.0 Å². The molecule has 0 bridgehead atoms. The Morgan fingerprint density at radius 3 is 2.61 bits per heavy atom. The highest BCUT2D eigenvalue weighted by Crippen LogP contribution is 2.35. The second-order valence-electron chi connectivity index (χ2n) is 7.57. The first-order valence-electron chi connectivity index (χ1n) is 9.79. The second-order valence-corrected chi connectivity index (χ2v) is 8.80. The van der Waals surface area contributed by atoms with Crippen molar-refractivity contribution in [3.8, 4) is 10.4 Å². The lowest BCUT2D eigenvalue weighted by atomic mass is 10.0. The minimum Gasteiger partial charge on any atom is -0.351 e. The highest BCUT2D eigenvalue weighted by molar-refractivity contribution is 7.15. The SMILES string of the molecule is Cc1nc(N2CCc3ncc(-c4cnc(C)s4)cc3C2)c2cc(C(F)(F)F)ccc2n1. The van der Waals surface area contributed by atoms with E-state index in [0.717, 1.165) is 38.8 Å². The van der Waals surface area contributed by atoms with Gasteiger partial charge in [-0.1, -0.05) is 0 Å². The lowest BCUT2D eigenvalue weighted by Crippen LogP contribution is -2.32. The Balaban J connectivity index is 1.56. The van der Waals surface area contributed by atoms with Crippen molar-refractivity contribution >= 4 is 28.1 Å². The number of hydrogen-bond donors (Lipinski definition) is 0. The van der Waals surface area contributed by atoms with Crippen LogP contribution in [0.1, 0.15) is 27.7 Å². The lowest BCUT2D eigenvalue weighted by molar-refractivity contribution is -0.137. The number of benzene rings is 1. The van der Waals surface area contributed by atoms with Crippen LogP contribution in [0.4, 0.5) is 19.0 Å². The van der Waals surface area contributed by atoms with E-state index in [4.69, 9.17) is 0 Å². The standard InChI is InChI=1S/C22H18F3N5S/c1-12-28-19-4-3-16(22(23,24)25)8-17(19)21(29-12)30-6-5-18-15(11-30)7-14(9-27-18)20-10-26-13(2)31-20/h3-4,7-10H,5-6,11H2,1-2H3. The molecule has 4 heterocycles. The van der Waals surface area contributed by atoms with Crippen molar-refractivity contribution in [2.45, 2.75) is 33.0 Å². The summed E-state index contributed by atoms with van der Waals surface area (Å²) in [6, 6.07) is 5.73. The van der Waals surface area contributed by atoms with E-state index >= 15 is 0 Å². The molecular weight excluding hydrogens is 423 g/mol. The minimum atomic E-state index is -4.42. The Bertz CT molecular complexity index is 1300. The zero-order valence-corrected chi connectivity index (χ0v) is 17.7. The van der Waals surface area contributed by atoms with E-state index in [1.807, 2.05) is 24.2 Å². The quantitative estimate of drug-likeness (QED) is 0.420. The average Bonchev–Trinajstić information content (AvgIpc) is 3.17. The van der Waals surface area contributed by atoms with Gasteiger partial charge in [-0.05, 0) is 43.7 Å². The summed E-state index contributed by atoms with van der Waals surface area (Å²) in [5.41, 5.74) is 2.86. The molecule has 1 aliphatic rings. The number of fused-ring (bicyclic) bond motifs is 2. The van der Waals surface area contributed by atoms with Crippen LogP contribution in [0.5, 0.6) is 0 Å². The zero-order valence-electron chi connectivity index (χ0n) is 16.9. The maximum absolute atomic E-state index is 13.3. The van der Waals surface area contributed by atoms with Crippen molar-refractivity contribution in [1.82, 2.24) is 19.9 Å². The number of rotatable bonds is 2. The van der Waals surface area contributed by atoms with Gasteiger partial charge in [-0.3, -0.25) is 4.98 Å². The predicted molar refractivity (Wildman–Crippen MR) is 114 cm³/mol. The molecule has 0 spiro atoms. The fraction of sp³-hybridized carbons (Fsp3) is 0.273. The van der Waals surface area contributed by atoms with Crippen molar-refractivity contribution in [3.63, 3.8) is 0 Å². The molecule has 158 valence electrons. The summed E-state index contributed by atoms with van der Waals surface area (Å²) < 4.78 is 39.9. The summed E-state index contributed by atoms with van der Waals surface area (Å²) in [4.78, 5) is 20.9. The third-order valence-electron chi connectivity index (χ3n) is 5.36. The van der Waals surface area contributed by atoms with Crippen molar-refractivity contribution in [1.29, 1.82) is 0 Å². The molecule has 4 aromatic rings. The lowest BCUT2D eigenvalue weighted by Gasteiger charge is -2.30. The van der Waals surface area contributed by atoms with E-state index < -0.39 is 11.7 Å². The number of pyridine rings is 1. The van der Waals surface area contributed by atoms with Crippen molar-refractivity contribution in [2.24, 2.45) is 0 Å². The van der Waals surface area contributed by atoms with Gasteiger partial charge in [0, 0.05) is 48.5 Å². The van der Waals surface area contributed by atoms with Crippen LogP contribution < -0.4 is 4.90 Å². The van der Waals surface area contributed by atoms with Crippen LogP contribution in [0.2, 0.25) is 0 Å². The zero-order chi connectivity index (χ0) is 21.8. The highest BCUT2D eigenvalue weighted by Gasteiger charge is 2.31. The molecule has 3 aromatic heterocycles. The van der Waals surface area contributed by atoms with Gasteiger partial charge in [0.25, 0.3) is 0 Å². The van der Waals surface area contributed by atoms with Gasteiger partial charge in [0.15, 0.2) is 0 Å². The molecule has 9 heteroatoms. The van der Waals surface area contributed by atoms with Crippen LogP contribution in [0.3, 0.4) is 0 Å². The summed E-state index contributed by atoms with van der Waals surface area (Å²) in [7, 11) is 0.